The van der Waals surface area contributed by atoms with E-state index in [-0.39, 0.29) is 6.04 Å². The number of ether oxygens (including phenoxy) is 1. The molecule has 0 radical (unpaired) electrons. The van der Waals surface area contributed by atoms with Gasteiger partial charge >= 0.3 is 5.97 Å². The first-order valence-corrected chi connectivity index (χ1v) is 6.56. The van der Waals surface area contributed by atoms with Crippen LogP contribution in [0.25, 0.3) is 0 Å². The Morgan fingerprint density at radius 3 is 2.89 bits per heavy atom. The van der Waals surface area contributed by atoms with Crippen LogP contribution in [-0.4, -0.2) is 51.6 Å². The lowest BCUT2D eigenvalue weighted by molar-refractivity contribution is -0.143. The normalized spacial score (nSPS) is 23.2. The topological polar surface area (TPSA) is 67.6 Å². The Hall–Kier alpha value is -1.40. The third kappa shape index (κ3) is 2.96. The highest BCUT2D eigenvalue weighted by Gasteiger charge is 2.37. The zero-order chi connectivity index (χ0) is 14.0. The van der Waals surface area contributed by atoms with Gasteiger partial charge in [0.25, 0.3) is 0 Å². The average molecular weight is 267 g/mol. The van der Waals surface area contributed by atoms with Crippen LogP contribution in [0.4, 0.5) is 0 Å². The van der Waals surface area contributed by atoms with Gasteiger partial charge in [0.05, 0.1) is 24.8 Å². The van der Waals surface area contributed by atoms with Crippen LogP contribution in [0.3, 0.4) is 0 Å². The summed E-state index contributed by atoms with van der Waals surface area (Å²) in [6.07, 6.45) is 1.99. The minimum atomic E-state index is -0.774. The van der Waals surface area contributed by atoms with E-state index in [1.807, 2.05) is 27.1 Å². The lowest BCUT2D eigenvalue weighted by Gasteiger charge is -2.28. The van der Waals surface area contributed by atoms with Crippen LogP contribution >= 0.6 is 0 Å². The third-order valence-corrected chi connectivity index (χ3v) is 3.73. The number of aromatic nitrogens is 2. The molecule has 0 amide bonds. The Labute approximate surface area is 113 Å². The molecule has 0 spiro atoms. The average Bonchev–Trinajstić information content (AvgIpc) is 2.93. The predicted molar refractivity (Wildman–Crippen MR) is 69.8 cm³/mol. The highest BCUT2D eigenvalue weighted by atomic mass is 16.5. The van der Waals surface area contributed by atoms with E-state index in [4.69, 9.17) is 4.74 Å². The molecule has 6 heteroatoms. The van der Waals surface area contributed by atoms with Crippen molar-refractivity contribution in [2.45, 2.75) is 26.4 Å². The maximum atomic E-state index is 11.2. The summed E-state index contributed by atoms with van der Waals surface area (Å²) in [6, 6.07) is -0.0536. The van der Waals surface area contributed by atoms with Gasteiger partial charge in [-0.2, -0.15) is 5.10 Å². The molecular weight excluding hydrogens is 246 g/mol. The van der Waals surface area contributed by atoms with Gasteiger partial charge in [-0.15, -0.1) is 0 Å². The number of likely N-dealkylation sites (N-methyl/N-ethyl adjacent to an activating group) is 1. The lowest BCUT2D eigenvalue weighted by Crippen LogP contribution is -2.42. The Bertz CT molecular complexity index is 458. The fourth-order valence-corrected chi connectivity index (χ4v) is 2.62. The fourth-order valence-electron chi connectivity index (χ4n) is 2.62. The van der Waals surface area contributed by atoms with Crippen molar-refractivity contribution in [3.05, 3.63) is 17.5 Å². The number of aliphatic carboxylic acids is 1. The van der Waals surface area contributed by atoms with Crippen LogP contribution in [0.5, 0.6) is 0 Å². The number of aryl methyl sites for hydroxylation is 2. The number of hydrogen-bond donors (Lipinski definition) is 1. The number of rotatable bonds is 5. The second-order valence-corrected chi connectivity index (χ2v) is 5.03. The Morgan fingerprint density at radius 1 is 1.63 bits per heavy atom. The lowest BCUT2D eigenvalue weighted by atomic mass is 10.0. The van der Waals surface area contributed by atoms with E-state index in [9.17, 15) is 9.90 Å². The highest BCUT2D eigenvalue weighted by Crippen LogP contribution is 2.22. The molecule has 1 fully saturated rings. The summed E-state index contributed by atoms with van der Waals surface area (Å²) in [4.78, 5) is 13.4. The molecule has 1 aliphatic rings. The molecule has 1 N–H and O–H groups in total. The van der Waals surface area contributed by atoms with Crippen LogP contribution in [0.15, 0.2) is 6.20 Å². The van der Waals surface area contributed by atoms with Gasteiger partial charge in [-0.1, -0.05) is 6.92 Å². The number of carboxylic acid groups (broad SMARTS) is 1. The molecule has 0 aromatic carbocycles. The maximum absolute atomic E-state index is 11.2. The van der Waals surface area contributed by atoms with E-state index in [1.165, 1.54) is 0 Å². The van der Waals surface area contributed by atoms with Gasteiger partial charge < -0.3 is 9.84 Å². The minimum Gasteiger partial charge on any atom is -0.481 e. The SMILES string of the molecule is CCN(Cc1cn(C)nc1C)C1COCC1C(=O)O. The molecule has 19 heavy (non-hydrogen) atoms. The van der Waals surface area contributed by atoms with Gasteiger partial charge in [0.15, 0.2) is 0 Å². The molecule has 1 aliphatic heterocycles. The second-order valence-electron chi connectivity index (χ2n) is 5.03. The summed E-state index contributed by atoms with van der Waals surface area (Å²) < 4.78 is 7.13. The van der Waals surface area contributed by atoms with Gasteiger partial charge in [0, 0.05) is 31.4 Å². The van der Waals surface area contributed by atoms with E-state index < -0.39 is 11.9 Å². The molecule has 1 aromatic heterocycles. The van der Waals surface area contributed by atoms with Crippen LogP contribution in [0.2, 0.25) is 0 Å². The van der Waals surface area contributed by atoms with E-state index in [2.05, 4.69) is 10.00 Å². The summed E-state index contributed by atoms with van der Waals surface area (Å²) in [5.74, 6) is -1.21. The van der Waals surface area contributed by atoms with E-state index >= 15 is 0 Å². The van der Waals surface area contributed by atoms with Gasteiger partial charge in [-0.25, -0.2) is 0 Å². The van der Waals surface area contributed by atoms with Crippen LogP contribution in [-0.2, 0) is 23.1 Å². The monoisotopic (exact) mass is 267 g/mol. The van der Waals surface area contributed by atoms with Crippen molar-refractivity contribution >= 4 is 5.97 Å². The van der Waals surface area contributed by atoms with Crippen molar-refractivity contribution in [1.29, 1.82) is 0 Å². The minimum absolute atomic E-state index is 0.0536. The molecule has 2 unspecified atom stereocenters. The molecule has 2 heterocycles. The third-order valence-electron chi connectivity index (χ3n) is 3.73. The molecule has 0 saturated carbocycles. The fraction of sp³-hybridized carbons (Fsp3) is 0.692. The number of hydrogen-bond acceptors (Lipinski definition) is 4. The maximum Gasteiger partial charge on any atom is 0.310 e. The molecule has 106 valence electrons. The molecule has 0 aliphatic carbocycles. The van der Waals surface area contributed by atoms with Gasteiger partial charge in [-0.05, 0) is 13.5 Å². The van der Waals surface area contributed by atoms with Crippen molar-refractivity contribution in [2.24, 2.45) is 13.0 Å². The zero-order valence-corrected chi connectivity index (χ0v) is 11.7. The first-order chi connectivity index (χ1) is 9.02. The summed E-state index contributed by atoms with van der Waals surface area (Å²) in [7, 11) is 1.89. The summed E-state index contributed by atoms with van der Waals surface area (Å²) >= 11 is 0. The first kappa shape index (κ1) is 14.0. The highest BCUT2D eigenvalue weighted by molar-refractivity contribution is 5.71. The number of carboxylic acids is 1. The van der Waals surface area contributed by atoms with Crippen LogP contribution < -0.4 is 0 Å². The van der Waals surface area contributed by atoms with Crippen molar-refractivity contribution in [3.8, 4) is 0 Å². The molecule has 1 aromatic rings. The van der Waals surface area contributed by atoms with E-state index in [0.29, 0.717) is 19.8 Å². The zero-order valence-electron chi connectivity index (χ0n) is 11.7. The van der Waals surface area contributed by atoms with Crippen LogP contribution in [0, 0.1) is 12.8 Å². The molecule has 2 rings (SSSR count). The van der Waals surface area contributed by atoms with E-state index in [0.717, 1.165) is 17.8 Å². The summed E-state index contributed by atoms with van der Waals surface area (Å²) in [5.41, 5.74) is 2.13. The molecular formula is C13H21N3O3. The standard InChI is InChI=1S/C13H21N3O3/c1-4-16(6-10-5-15(3)14-9(10)2)12-8-19-7-11(12)13(17)18/h5,11-12H,4,6-8H2,1-3H3,(H,17,18). The van der Waals surface area contributed by atoms with Gasteiger partial charge in [0.2, 0.25) is 0 Å². The van der Waals surface area contributed by atoms with Crippen molar-refractivity contribution in [3.63, 3.8) is 0 Å². The van der Waals surface area contributed by atoms with E-state index in [1.54, 1.807) is 4.68 Å². The Balaban J connectivity index is 2.11. The Morgan fingerprint density at radius 2 is 2.37 bits per heavy atom. The molecule has 1 saturated heterocycles. The smallest absolute Gasteiger partial charge is 0.310 e. The molecule has 2 atom stereocenters. The molecule has 0 bridgehead atoms. The first-order valence-electron chi connectivity index (χ1n) is 6.56. The number of nitrogens with zero attached hydrogens (tertiary/aromatic N) is 3. The van der Waals surface area contributed by atoms with Crippen molar-refractivity contribution in [1.82, 2.24) is 14.7 Å². The molecule has 6 nitrogen and oxygen atoms in total. The summed E-state index contributed by atoms with van der Waals surface area (Å²) in [5, 5.41) is 13.6. The van der Waals surface area contributed by atoms with Crippen LogP contribution in [0.1, 0.15) is 18.2 Å². The van der Waals surface area contributed by atoms with Gasteiger partial charge in [0.1, 0.15) is 0 Å². The number of carbonyl (C=O) groups is 1. The van der Waals surface area contributed by atoms with Crippen molar-refractivity contribution < 1.29 is 14.6 Å². The Kier molecular flexibility index (Phi) is 4.21. The predicted octanol–water partition coefficient (Wildman–Crippen LogP) is 0.650. The second kappa shape index (κ2) is 5.71. The van der Waals surface area contributed by atoms with Crippen molar-refractivity contribution in [2.75, 3.05) is 19.8 Å². The largest absolute Gasteiger partial charge is 0.481 e. The summed E-state index contributed by atoms with van der Waals surface area (Å²) in [6.45, 7) is 6.33. The quantitative estimate of drug-likeness (QED) is 0.848. The van der Waals surface area contributed by atoms with Gasteiger partial charge in [-0.3, -0.25) is 14.4 Å².